The first-order chi connectivity index (χ1) is 6.90. The minimum absolute atomic E-state index is 0.660. The molecule has 0 aromatic carbocycles. The summed E-state index contributed by atoms with van der Waals surface area (Å²) in [4.78, 5) is 0. The molecular formula is C7H7ClN4S2. The maximum absolute atomic E-state index is 5.59. The molecule has 0 fully saturated rings. The summed E-state index contributed by atoms with van der Waals surface area (Å²) in [6.07, 6.45) is 1.82. The second kappa shape index (κ2) is 4.77. The van der Waals surface area contributed by atoms with Crippen LogP contribution in [0.2, 0.25) is 0 Å². The summed E-state index contributed by atoms with van der Waals surface area (Å²) in [7, 11) is 0. The van der Waals surface area contributed by atoms with Crippen LogP contribution in [-0.4, -0.2) is 25.7 Å². The SMILES string of the molecule is ClCCCc1nnc(-c2csnn2)s1. The Hall–Kier alpha value is -0.590. The number of halogens is 1. The van der Waals surface area contributed by atoms with Crippen LogP contribution < -0.4 is 0 Å². The van der Waals surface area contributed by atoms with Crippen molar-refractivity contribution >= 4 is 34.5 Å². The monoisotopic (exact) mass is 246 g/mol. The average Bonchev–Trinajstić information content (AvgIpc) is 2.85. The maximum Gasteiger partial charge on any atom is 0.169 e. The van der Waals surface area contributed by atoms with E-state index in [9.17, 15) is 0 Å². The van der Waals surface area contributed by atoms with E-state index in [-0.39, 0.29) is 0 Å². The van der Waals surface area contributed by atoms with Gasteiger partial charge in [-0.3, -0.25) is 0 Å². The minimum atomic E-state index is 0.660. The van der Waals surface area contributed by atoms with E-state index >= 15 is 0 Å². The van der Waals surface area contributed by atoms with E-state index in [0.29, 0.717) is 5.88 Å². The highest BCUT2D eigenvalue weighted by molar-refractivity contribution is 7.15. The zero-order valence-electron chi connectivity index (χ0n) is 7.18. The summed E-state index contributed by atoms with van der Waals surface area (Å²) in [5, 5.41) is 15.7. The van der Waals surface area contributed by atoms with E-state index in [0.717, 1.165) is 28.6 Å². The second-order valence-electron chi connectivity index (χ2n) is 2.58. The molecule has 0 unspecified atom stereocenters. The zero-order valence-corrected chi connectivity index (χ0v) is 9.57. The molecule has 4 nitrogen and oxygen atoms in total. The molecule has 0 aliphatic heterocycles. The number of aryl methyl sites for hydroxylation is 1. The van der Waals surface area contributed by atoms with E-state index in [1.165, 1.54) is 11.5 Å². The van der Waals surface area contributed by atoms with Gasteiger partial charge in [-0.05, 0) is 18.0 Å². The maximum atomic E-state index is 5.59. The highest BCUT2D eigenvalue weighted by Gasteiger charge is 2.08. The predicted molar refractivity (Wildman–Crippen MR) is 57.9 cm³/mol. The summed E-state index contributed by atoms with van der Waals surface area (Å²) in [5.74, 6) is 0.660. The molecule has 0 amide bonds. The Morgan fingerprint density at radius 2 is 2.21 bits per heavy atom. The van der Waals surface area contributed by atoms with Crippen molar-refractivity contribution in [1.82, 2.24) is 19.8 Å². The van der Waals surface area contributed by atoms with Gasteiger partial charge >= 0.3 is 0 Å². The normalized spacial score (nSPS) is 10.6. The van der Waals surface area contributed by atoms with Gasteiger partial charge in [-0.15, -0.1) is 26.9 Å². The standard InChI is InChI=1S/C7H7ClN4S2/c8-3-1-2-6-10-11-7(14-6)5-4-13-12-9-5/h4H,1-3H2. The Morgan fingerprint density at radius 1 is 1.29 bits per heavy atom. The van der Waals surface area contributed by atoms with Crippen LogP contribution in [0.4, 0.5) is 0 Å². The number of hydrogen-bond donors (Lipinski definition) is 0. The number of alkyl halides is 1. The molecule has 0 radical (unpaired) electrons. The Morgan fingerprint density at radius 3 is 2.93 bits per heavy atom. The number of hydrogen-bond acceptors (Lipinski definition) is 6. The minimum Gasteiger partial charge on any atom is -0.143 e. The fourth-order valence-corrected chi connectivity index (χ4v) is 2.42. The van der Waals surface area contributed by atoms with Gasteiger partial charge in [0.2, 0.25) is 0 Å². The van der Waals surface area contributed by atoms with Crippen molar-refractivity contribution < 1.29 is 0 Å². The second-order valence-corrected chi connectivity index (χ2v) is 4.63. The summed E-state index contributed by atoms with van der Waals surface area (Å²) < 4.78 is 3.78. The first-order valence-corrected chi connectivity index (χ1v) is 6.24. The fourth-order valence-electron chi connectivity index (χ4n) is 0.934. The number of rotatable bonds is 4. The lowest BCUT2D eigenvalue weighted by molar-refractivity contribution is 0.883. The summed E-state index contributed by atoms with van der Waals surface area (Å²) >= 11 is 8.47. The van der Waals surface area contributed by atoms with Crippen LogP contribution in [-0.2, 0) is 6.42 Å². The molecule has 0 bridgehead atoms. The molecule has 0 aliphatic rings. The lowest BCUT2D eigenvalue weighted by Gasteiger charge is -1.87. The molecule has 7 heteroatoms. The van der Waals surface area contributed by atoms with Crippen LogP contribution >= 0.6 is 34.5 Å². The Labute approximate surface area is 94.1 Å². The van der Waals surface area contributed by atoms with Crippen molar-refractivity contribution in [1.29, 1.82) is 0 Å². The van der Waals surface area contributed by atoms with E-state index in [1.54, 1.807) is 11.3 Å². The quantitative estimate of drug-likeness (QED) is 0.777. The Kier molecular flexibility index (Phi) is 3.39. The molecule has 2 rings (SSSR count). The van der Waals surface area contributed by atoms with Gasteiger partial charge in [-0.2, -0.15) is 0 Å². The van der Waals surface area contributed by atoms with Crippen LogP contribution in [0.25, 0.3) is 10.7 Å². The molecule has 0 N–H and O–H groups in total. The highest BCUT2D eigenvalue weighted by atomic mass is 35.5. The largest absolute Gasteiger partial charge is 0.169 e. The molecule has 0 saturated carbocycles. The van der Waals surface area contributed by atoms with E-state index in [4.69, 9.17) is 11.6 Å². The predicted octanol–water partition coefficient (Wildman–Crippen LogP) is 2.23. The van der Waals surface area contributed by atoms with Gasteiger partial charge < -0.3 is 0 Å². The van der Waals surface area contributed by atoms with Crippen LogP contribution in [0.3, 0.4) is 0 Å². The Balaban J connectivity index is 2.10. The average molecular weight is 247 g/mol. The fraction of sp³-hybridized carbons (Fsp3) is 0.429. The molecular weight excluding hydrogens is 240 g/mol. The lowest BCUT2D eigenvalue weighted by Crippen LogP contribution is -1.84. The molecule has 0 spiro atoms. The van der Waals surface area contributed by atoms with Crippen molar-refractivity contribution in [3.05, 3.63) is 10.4 Å². The third kappa shape index (κ3) is 2.26. The van der Waals surface area contributed by atoms with E-state index < -0.39 is 0 Å². The molecule has 0 saturated heterocycles. The van der Waals surface area contributed by atoms with Gasteiger partial charge in [0.25, 0.3) is 0 Å². The molecule has 2 aromatic rings. The zero-order chi connectivity index (χ0) is 9.80. The van der Waals surface area contributed by atoms with Crippen molar-refractivity contribution in [2.45, 2.75) is 12.8 Å². The van der Waals surface area contributed by atoms with E-state index in [1.807, 2.05) is 5.38 Å². The summed E-state index contributed by atoms with van der Waals surface area (Å²) in [6.45, 7) is 0. The van der Waals surface area contributed by atoms with Crippen LogP contribution in [0.1, 0.15) is 11.4 Å². The van der Waals surface area contributed by atoms with Crippen molar-refractivity contribution in [3.8, 4) is 10.7 Å². The summed E-state index contributed by atoms with van der Waals surface area (Å²) in [5.41, 5.74) is 0.810. The Bertz CT molecular complexity index is 386. The topological polar surface area (TPSA) is 51.6 Å². The van der Waals surface area contributed by atoms with Crippen LogP contribution in [0, 0.1) is 0 Å². The molecule has 0 atom stereocenters. The van der Waals surface area contributed by atoms with Crippen molar-refractivity contribution in [2.24, 2.45) is 0 Å². The van der Waals surface area contributed by atoms with E-state index in [2.05, 4.69) is 19.8 Å². The molecule has 74 valence electrons. The van der Waals surface area contributed by atoms with Crippen LogP contribution in [0.5, 0.6) is 0 Å². The molecule has 0 aliphatic carbocycles. The van der Waals surface area contributed by atoms with Crippen LogP contribution in [0.15, 0.2) is 5.38 Å². The van der Waals surface area contributed by atoms with Gasteiger partial charge in [-0.25, -0.2) is 0 Å². The first kappa shape index (κ1) is 9.95. The molecule has 2 aromatic heterocycles. The summed E-state index contributed by atoms with van der Waals surface area (Å²) in [6, 6.07) is 0. The third-order valence-electron chi connectivity index (χ3n) is 1.57. The molecule has 2 heterocycles. The third-order valence-corrected chi connectivity index (χ3v) is 3.35. The highest BCUT2D eigenvalue weighted by Crippen LogP contribution is 2.22. The molecule has 14 heavy (non-hydrogen) atoms. The van der Waals surface area contributed by atoms with Gasteiger partial charge in [-0.1, -0.05) is 15.8 Å². The number of nitrogens with zero attached hydrogens (tertiary/aromatic N) is 4. The lowest BCUT2D eigenvalue weighted by atomic mass is 10.4. The first-order valence-electron chi connectivity index (χ1n) is 4.06. The van der Waals surface area contributed by atoms with Crippen molar-refractivity contribution in [2.75, 3.05) is 5.88 Å². The smallest absolute Gasteiger partial charge is 0.143 e. The van der Waals surface area contributed by atoms with Gasteiger partial charge in [0, 0.05) is 17.7 Å². The van der Waals surface area contributed by atoms with Gasteiger partial charge in [0.05, 0.1) is 0 Å². The number of aromatic nitrogens is 4. The van der Waals surface area contributed by atoms with Gasteiger partial charge in [0.15, 0.2) is 5.01 Å². The van der Waals surface area contributed by atoms with Gasteiger partial charge in [0.1, 0.15) is 10.7 Å². The van der Waals surface area contributed by atoms with Crippen molar-refractivity contribution in [3.63, 3.8) is 0 Å².